The number of carbonyl (C=O) groups is 1. The minimum atomic E-state index is -1.81. The van der Waals surface area contributed by atoms with E-state index in [0.717, 1.165) is 0 Å². The molecule has 0 fully saturated rings. The monoisotopic (exact) mass is 222 g/mol. The SMILES string of the molecule is CCOC(=O)C(CO)(CO)C(O)OCC. The third-order valence-corrected chi connectivity index (χ3v) is 2.04. The molecule has 0 aromatic rings. The van der Waals surface area contributed by atoms with E-state index in [-0.39, 0.29) is 13.2 Å². The number of hydrogen-bond donors (Lipinski definition) is 3. The molecule has 6 nitrogen and oxygen atoms in total. The smallest absolute Gasteiger partial charge is 0.322 e. The largest absolute Gasteiger partial charge is 0.465 e. The van der Waals surface area contributed by atoms with Crippen molar-refractivity contribution in [2.75, 3.05) is 26.4 Å². The van der Waals surface area contributed by atoms with Crippen molar-refractivity contribution in [2.24, 2.45) is 5.41 Å². The highest BCUT2D eigenvalue weighted by Crippen LogP contribution is 2.24. The molecule has 15 heavy (non-hydrogen) atoms. The van der Waals surface area contributed by atoms with Gasteiger partial charge in [0.05, 0.1) is 19.8 Å². The van der Waals surface area contributed by atoms with Crippen molar-refractivity contribution in [3.8, 4) is 0 Å². The second-order valence-corrected chi connectivity index (χ2v) is 3.00. The first-order valence-electron chi connectivity index (χ1n) is 4.77. The summed E-state index contributed by atoms with van der Waals surface area (Å²) in [4.78, 5) is 11.5. The first kappa shape index (κ1) is 14.3. The van der Waals surface area contributed by atoms with Crippen molar-refractivity contribution >= 4 is 5.97 Å². The maximum absolute atomic E-state index is 11.5. The molecule has 0 heterocycles. The van der Waals surface area contributed by atoms with Gasteiger partial charge in [0, 0.05) is 6.61 Å². The van der Waals surface area contributed by atoms with Crippen LogP contribution in [0, 0.1) is 5.41 Å². The molecule has 0 rings (SSSR count). The van der Waals surface area contributed by atoms with E-state index in [2.05, 4.69) is 4.74 Å². The Balaban J connectivity index is 4.77. The van der Waals surface area contributed by atoms with Crippen molar-refractivity contribution in [2.45, 2.75) is 20.1 Å². The number of esters is 1. The maximum Gasteiger partial charge on any atom is 0.322 e. The molecule has 0 saturated carbocycles. The van der Waals surface area contributed by atoms with Gasteiger partial charge in [-0.2, -0.15) is 0 Å². The van der Waals surface area contributed by atoms with E-state index in [9.17, 15) is 9.90 Å². The number of hydrogen-bond acceptors (Lipinski definition) is 6. The molecule has 90 valence electrons. The molecule has 0 aromatic carbocycles. The van der Waals surface area contributed by atoms with Gasteiger partial charge in [0.25, 0.3) is 0 Å². The van der Waals surface area contributed by atoms with Crippen molar-refractivity contribution in [1.82, 2.24) is 0 Å². The van der Waals surface area contributed by atoms with Crippen LogP contribution in [0.5, 0.6) is 0 Å². The Morgan fingerprint density at radius 3 is 2.13 bits per heavy atom. The van der Waals surface area contributed by atoms with Gasteiger partial charge in [-0.15, -0.1) is 0 Å². The number of rotatable bonds is 7. The second kappa shape index (κ2) is 6.73. The minimum absolute atomic E-state index is 0.0967. The average molecular weight is 222 g/mol. The van der Waals surface area contributed by atoms with Gasteiger partial charge in [0.15, 0.2) is 11.7 Å². The molecular formula is C9H18O6. The van der Waals surface area contributed by atoms with Crippen LogP contribution in [0.2, 0.25) is 0 Å². The molecule has 0 aliphatic carbocycles. The quantitative estimate of drug-likeness (QED) is 0.373. The molecule has 3 N–H and O–H groups in total. The van der Waals surface area contributed by atoms with Crippen LogP contribution in [0.1, 0.15) is 13.8 Å². The van der Waals surface area contributed by atoms with E-state index in [4.69, 9.17) is 14.9 Å². The summed E-state index contributed by atoms with van der Waals surface area (Å²) in [6, 6.07) is 0. The summed E-state index contributed by atoms with van der Waals surface area (Å²) in [7, 11) is 0. The van der Waals surface area contributed by atoms with Gasteiger partial charge in [-0.05, 0) is 13.8 Å². The second-order valence-electron chi connectivity index (χ2n) is 3.00. The molecule has 0 spiro atoms. The van der Waals surface area contributed by atoms with Gasteiger partial charge in [-0.3, -0.25) is 4.79 Å². The fourth-order valence-electron chi connectivity index (χ4n) is 1.03. The summed E-state index contributed by atoms with van der Waals surface area (Å²) in [6.07, 6.45) is -1.59. The van der Waals surface area contributed by atoms with E-state index >= 15 is 0 Å². The third kappa shape index (κ3) is 3.13. The molecule has 1 unspecified atom stereocenters. The molecule has 0 bridgehead atoms. The zero-order valence-electron chi connectivity index (χ0n) is 8.97. The van der Waals surface area contributed by atoms with E-state index in [0.29, 0.717) is 0 Å². The summed E-state index contributed by atoms with van der Waals surface area (Å²) in [5, 5.41) is 27.7. The van der Waals surface area contributed by atoms with Crippen LogP contribution < -0.4 is 0 Å². The van der Waals surface area contributed by atoms with Gasteiger partial charge in [0.1, 0.15) is 0 Å². The Hall–Kier alpha value is -0.690. The zero-order valence-corrected chi connectivity index (χ0v) is 8.97. The van der Waals surface area contributed by atoms with Crippen LogP contribution in [-0.2, 0) is 14.3 Å². The van der Waals surface area contributed by atoms with Gasteiger partial charge < -0.3 is 24.8 Å². The Morgan fingerprint density at radius 1 is 1.27 bits per heavy atom. The predicted molar refractivity (Wildman–Crippen MR) is 50.9 cm³/mol. The summed E-state index contributed by atoms with van der Waals surface area (Å²) < 4.78 is 9.45. The van der Waals surface area contributed by atoms with Crippen molar-refractivity contribution in [3.05, 3.63) is 0 Å². The highest BCUT2D eigenvalue weighted by molar-refractivity contribution is 5.77. The van der Waals surface area contributed by atoms with Crippen LogP contribution in [0.25, 0.3) is 0 Å². The third-order valence-electron chi connectivity index (χ3n) is 2.04. The molecule has 0 aliphatic rings. The summed E-state index contributed by atoms with van der Waals surface area (Å²) >= 11 is 0. The van der Waals surface area contributed by atoms with Crippen LogP contribution in [0.15, 0.2) is 0 Å². The highest BCUT2D eigenvalue weighted by atomic mass is 16.6. The molecule has 0 aromatic heterocycles. The van der Waals surface area contributed by atoms with Crippen LogP contribution in [0.3, 0.4) is 0 Å². The maximum atomic E-state index is 11.5. The lowest BCUT2D eigenvalue weighted by atomic mass is 9.89. The van der Waals surface area contributed by atoms with E-state index < -0.39 is 30.9 Å². The van der Waals surface area contributed by atoms with Gasteiger partial charge >= 0.3 is 5.97 Å². The molecule has 0 aliphatic heterocycles. The number of aliphatic hydroxyl groups excluding tert-OH is 3. The first-order valence-corrected chi connectivity index (χ1v) is 4.77. The number of aliphatic hydroxyl groups is 3. The average Bonchev–Trinajstić information content (AvgIpc) is 2.21. The Bertz CT molecular complexity index is 189. The van der Waals surface area contributed by atoms with E-state index in [1.807, 2.05) is 0 Å². The normalized spacial score (nSPS) is 13.7. The van der Waals surface area contributed by atoms with Gasteiger partial charge in [0.2, 0.25) is 0 Å². The van der Waals surface area contributed by atoms with Crippen LogP contribution in [-0.4, -0.2) is 54.0 Å². The lowest BCUT2D eigenvalue weighted by molar-refractivity contribution is -0.216. The molecule has 0 radical (unpaired) electrons. The predicted octanol–water partition coefficient (Wildman–Crippen LogP) is -1.12. The highest BCUT2D eigenvalue weighted by Gasteiger charge is 2.47. The Kier molecular flexibility index (Phi) is 6.42. The summed E-state index contributed by atoms with van der Waals surface area (Å²) in [6.45, 7) is 1.97. The minimum Gasteiger partial charge on any atom is -0.465 e. The van der Waals surface area contributed by atoms with Gasteiger partial charge in [-0.25, -0.2) is 0 Å². The van der Waals surface area contributed by atoms with Gasteiger partial charge in [-0.1, -0.05) is 0 Å². The number of ether oxygens (including phenoxy) is 2. The van der Waals surface area contributed by atoms with Crippen LogP contribution >= 0.6 is 0 Å². The topological polar surface area (TPSA) is 96.2 Å². The lowest BCUT2D eigenvalue weighted by Crippen LogP contribution is -2.50. The molecule has 0 amide bonds. The standard InChI is InChI=1S/C9H18O6/c1-3-14-7(12)9(5-10,6-11)8(13)15-4-2/h7,10-12H,3-6H2,1-2H3. The van der Waals surface area contributed by atoms with Crippen molar-refractivity contribution in [1.29, 1.82) is 0 Å². The Labute approximate surface area is 88.4 Å². The molecule has 0 saturated heterocycles. The fourth-order valence-corrected chi connectivity index (χ4v) is 1.03. The van der Waals surface area contributed by atoms with E-state index in [1.54, 1.807) is 13.8 Å². The Morgan fingerprint density at radius 2 is 1.80 bits per heavy atom. The molecule has 1 atom stereocenters. The number of carbonyl (C=O) groups excluding carboxylic acids is 1. The fraction of sp³-hybridized carbons (Fsp3) is 0.889. The first-order chi connectivity index (χ1) is 7.08. The van der Waals surface area contributed by atoms with Crippen molar-refractivity contribution in [3.63, 3.8) is 0 Å². The van der Waals surface area contributed by atoms with E-state index in [1.165, 1.54) is 0 Å². The lowest BCUT2D eigenvalue weighted by Gasteiger charge is -2.31. The summed E-state index contributed by atoms with van der Waals surface area (Å²) in [5.74, 6) is -0.879. The molecule has 6 heteroatoms. The van der Waals surface area contributed by atoms with Crippen LogP contribution in [0.4, 0.5) is 0 Å². The zero-order chi connectivity index (χ0) is 11.9. The summed E-state index contributed by atoms with van der Waals surface area (Å²) in [5.41, 5.74) is -1.81. The van der Waals surface area contributed by atoms with Crippen molar-refractivity contribution < 1.29 is 29.6 Å². The molecular weight excluding hydrogens is 204 g/mol.